The standard InChI is InChI=1S/C6H14O6P4/c7-6-5(12-16)4(11-15)3(10-14)2(9-6)1-8-13/h2-5H,1,13-16H2. The molecule has 8 atom stereocenters. The highest BCUT2D eigenvalue weighted by molar-refractivity contribution is 7.10. The number of hydrogen-bond donors (Lipinski definition) is 0. The molecule has 0 N–H and O–H groups in total. The van der Waals surface area contributed by atoms with Crippen LogP contribution in [0.1, 0.15) is 0 Å². The topological polar surface area (TPSA) is 63.2 Å². The molecule has 0 aromatic rings. The zero-order chi connectivity index (χ0) is 12.1. The molecule has 94 valence electrons. The summed E-state index contributed by atoms with van der Waals surface area (Å²) in [6.07, 6.45) is -2.43. The van der Waals surface area contributed by atoms with E-state index >= 15 is 0 Å². The first-order valence-corrected chi connectivity index (χ1v) is 6.17. The zero-order valence-electron chi connectivity index (χ0n) is 8.28. The average molecular weight is 306 g/mol. The first-order chi connectivity index (χ1) is 7.69. The number of hydrogen-bond acceptors (Lipinski definition) is 6. The molecule has 6 nitrogen and oxygen atoms in total. The van der Waals surface area contributed by atoms with Crippen LogP contribution in [0.2, 0.25) is 0 Å². The molecule has 0 aromatic carbocycles. The minimum atomic E-state index is -0.839. The van der Waals surface area contributed by atoms with E-state index in [4.69, 9.17) is 22.8 Å². The average Bonchev–Trinajstić information content (AvgIpc) is 2.28. The van der Waals surface area contributed by atoms with Gasteiger partial charge in [-0.3, -0.25) is 0 Å². The first-order valence-electron chi connectivity index (χ1n) is 4.28. The van der Waals surface area contributed by atoms with Gasteiger partial charge in [-0.1, -0.05) is 0 Å². The third kappa shape index (κ3) is 3.28. The van der Waals surface area contributed by atoms with Gasteiger partial charge in [0, 0.05) is 37.9 Å². The van der Waals surface area contributed by atoms with Gasteiger partial charge in [0.05, 0.1) is 6.61 Å². The lowest BCUT2D eigenvalue weighted by Gasteiger charge is -2.38. The number of carbonyl (C=O) groups excluding carboxylic acids is 1. The van der Waals surface area contributed by atoms with E-state index in [0.717, 1.165) is 0 Å². The van der Waals surface area contributed by atoms with Crippen molar-refractivity contribution in [3.05, 3.63) is 0 Å². The van der Waals surface area contributed by atoms with Crippen molar-refractivity contribution in [1.29, 1.82) is 0 Å². The third-order valence-corrected chi connectivity index (χ3v) is 3.32. The minimum absolute atomic E-state index is 0.198. The van der Waals surface area contributed by atoms with Gasteiger partial charge in [0.2, 0.25) is 0 Å². The van der Waals surface area contributed by atoms with Crippen molar-refractivity contribution >= 4 is 43.8 Å². The number of rotatable bonds is 5. The highest BCUT2D eigenvalue weighted by atomic mass is 31.0. The summed E-state index contributed by atoms with van der Waals surface area (Å²) in [7, 11) is 8.30. The Morgan fingerprint density at radius 3 is 2.12 bits per heavy atom. The Morgan fingerprint density at radius 1 is 1.06 bits per heavy atom. The first kappa shape index (κ1) is 15.1. The summed E-state index contributed by atoms with van der Waals surface area (Å²) >= 11 is 0. The molecule has 0 amide bonds. The van der Waals surface area contributed by atoms with Crippen LogP contribution >= 0.6 is 37.9 Å². The molecular formula is C6H14O6P4. The molecule has 0 spiro atoms. The summed E-state index contributed by atoms with van der Waals surface area (Å²) in [6.45, 7) is 0.198. The highest BCUT2D eigenvalue weighted by Crippen LogP contribution is 2.28. The second kappa shape index (κ2) is 7.46. The van der Waals surface area contributed by atoms with Gasteiger partial charge in [-0.2, -0.15) is 0 Å². The van der Waals surface area contributed by atoms with E-state index in [1.807, 2.05) is 9.47 Å². The molecule has 1 aliphatic rings. The summed E-state index contributed by atoms with van der Waals surface area (Å²) in [4.78, 5) is 11.6. The van der Waals surface area contributed by atoms with Crippen LogP contribution in [0.4, 0.5) is 0 Å². The maximum absolute atomic E-state index is 11.6. The Hall–Kier alpha value is 1.03. The molecule has 0 radical (unpaired) electrons. The van der Waals surface area contributed by atoms with Gasteiger partial charge in [0.1, 0.15) is 12.2 Å². The molecule has 0 aliphatic carbocycles. The van der Waals surface area contributed by atoms with Crippen LogP contribution in [-0.4, -0.2) is 37.0 Å². The molecule has 1 rings (SSSR count). The largest absolute Gasteiger partial charge is 0.455 e. The van der Waals surface area contributed by atoms with E-state index in [0.29, 0.717) is 0 Å². The maximum Gasteiger partial charge on any atom is 0.338 e. The van der Waals surface area contributed by atoms with Crippen LogP contribution in [0.3, 0.4) is 0 Å². The smallest absolute Gasteiger partial charge is 0.338 e. The highest BCUT2D eigenvalue weighted by Gasteiger charge is 2.47. The van der Waals surface area contributed by atoms with Gasteiger partial charge in [-0.15, -0.1) is 0 Å². The summed E-state index contributed by atoms with van der Waals surface area (Å²) < 4.78 is 25.2. The van der Waals surface area contributed by atoms with Crippen molar-refractivity contribution in [2.24, 2.45) is 0 Å². The summed E-state index contributed by atoms with van der Waals surface area (Å²) in [5.74, 6) is -0.507. The molecule has 0 saturated carbocycles. The Kier molecular flexibility index (Phi) is 7.04. The van der Waals surface area contributed by atoms with Crippen LogP contribution in [0.25, 0.3) is 0 Å². The normalized spacial score (nSPS) is 34.9. The van der Waals surface area contributed by atoms with Gasteiger partial charge >= 0.3 is 5.97 Å². The SMILES string of the molecule is O=C1OC(COP)C(OP)C(OP)C1OP. The molecular weight excluding hydrogens is 292 g/mol. The van der Waals surface area contributed by atoms with Gasteiger partial charge in [0.25, 0.3) is 0 Å². The van der Waals surface area contributed by atoms with Gasteiger partial charge < -0.3 is 22.8 Å². The summed E-state index contributed by atoms with van der Waals surface area (Å²) in [6, 6.07) is 0. The number of carbonyl (C=O) groups is 1. The predicted octanol–water partition coefficient (Wildman–Crippen LogP) is 0.244. The van der Waals surface area contributed by atoms with Crippen LogP contribution in [-0.2, 0) is 27.6 Å². The lowest BCUT2D eigenvalue weighted by atomic mass is 10.0. The molecule has 1 fully saturated rings. The van der Waals surface area contributed by atoms with Crippen molar-refractivity contribution in [3.63, 3.8) is 0 Å². The van der Waals surface area contributed by atoms with E-state index in [2.05, 4.69) is 28.4 Å². The molecule has 1 saturated heterocycles. The third-order valence-electron chi connectivity index (χ3n) is 2.21. The van der Waals surface area contributed by atoms with Crippen molar-refractivity contribution < 1.29 is 27.6 Å². The maximum atomic E-state index is 11.6. The van der Waals surface area contributed by atoms with Crippen LogP contribution in [0.15, 0.2) is 0 Å². The lowest BCUT2D eigenvalue weighted by molar-refractivity contribution is -0.191. The Morgan fingerprint density at radius 2 is 1.69 bits per heavy atom. The zero-order valence-corrected chi connectivity index (χ0v) is 12.9. The van der Waals surface area contributed by atoms with Crippen LogP contribution in [0.5, 0.6) is 0 Å². The second-order valence-corrected chi connectivity index (χ2v) is 4.22. The molecule has 10 heteroatoms. The number of ether oxygens (including phenoxy) is 1. The van der Waals surface area contributed by atoms with Crippen molar-refractivity contribution in [2.75, 3.05) is 6.61 Å². The molecule has 16 heavy (non-hydrogen) atoms. The number of cyclic esters (lactones) is 1. The van der Waals surface area contributed by atoms with Gasteiger partial charge in [0.15, 0.2) is 12.2 Å². The Bertz CT molecular complexity index is 241. The van der Waals surface area contributed by atoms with E-state index in [-0.39, 0.29) is 6.61 Å². The molecule has 8 unspecified atom stereocenters. The quantitative estimate of drug-likeness (QED) is 0.536. The lowest BCUT2D eigenvalue weighted by Crippen LogP contribution is -2.57. The monoisotopic (exact) mass is 306 g/mol. The van der Waals surface area contributed by atoms with Crippen LogP contribution in [0, 0.1) is 0 Å². The second-order valence-electron chi connectivity index (χ2n) is 3.07. The van der Waals surface area contributed by atoms with E-state index in [9.17, 15) is 4.79 Å². The van der Waals surface area contributed by atoms with Gasteiger partial charge in [-0.25, -0.2) is 4.79 Å². The summed E-state index contributed by atoms with van der Waals surface area (Å²) in [5.41, 5.74) is 0. The fourth-order valence-electron chi connectivity index (χ4n) is 1.47. The van der Waals surface area contributed by atoms with E-state index < -0.39 is 30.4 Å². The molecule has 1 heterocycles. The molecule has 1 aliphatic heterocycles. The fourth-order valence-corrected chi connectivity index (χ4v) is 2.56. The number of esters is 1. The Balaban J connectivity index is 2.83. The molecule has 0 aromatic heterocycles. The van der Waals surface area contributed by atoms with Crippen molar-refractivity contribution in [3.8, 4) is 0 Å². The van der Waals surface area contributed by atoms with E-state index in [1.54, 1.807) is 0 Å². The van der Waals surface area contributed by atoms with Crippen molar-refractivity contribution in [2.45, 2.75) is 24.4 Å². The fraction of sp³-hybridized carbons (Fsp3) is 0.833. The van der Waals surface area contributed by atoms with Crippen LogP contribution < -0.4 is 0 Å². The van der Waals surface area contributed by atoms with Crippen molar-refractivity contribution in [1.82, 2.24) is 0 Å². The predicted molar refractivity (Wildman–Crippen MR) is 69.3 cm³/mol. The minimum Gasteiger partial charge on any atom is -0.455 e. The van der Waals surface area contributed by atoms with Gasteiger partial charge in [-0.05, 0) is 0 Å². The summed E-state index contributed by atoms with van der Waals surface area (Å²) in [5, 5.41) is 0. The van der Waals surface area contributed by atoms with E-state index in [1.165, 1.54) is 0 Å². The Labute approximate surface area is 103 Å². The molecule has 0 bridgehead atoms.